The van der Waals surface area contributed by atoms with Crippen LogP contribution in [0.5, 0.6) is 5.75 Å². The molecule has 1 aromatic rings. The summed E-state index contributed by atoms with van der Waals surface area (Å²) in [6.45, 7) is 2.60. The number of benzene rings is 1. The highest BCUT2D eigenvalue weighted by Gasteiger charge is 2.22. The van der Waals surface area contributed by atoms with Crippen molar-refractivity contribution in [1.82, 2.24) is 0 Å². The number of alkyl halides is 1. The van der Waals surface area contributed by atoms with Gasteiger partial charge in [0.2, 0.25) is 0 Å². The molecular weight excluding hydrogens is 342 g/mol. The van der Waals surface area contributed by atoms with Gasteiger partial charge in [-0.3, -0.25) is 4.90 Å². The second-order valence-electron chi connectivity index (χ2n) is 3.92. The maximum absolute atomic E-state index is 11.8. The van der Waals surface area contributed by atoms with Crippen molar-refractivity contribution in [2.75, 3.05) is 37.6 Å². The SMILES string of the molecule is CCN(C(=O)OC)c1cc(OCCBr)ccc1C(=O)OC. The normalized spacial score (nSPS) is 9.90. The summed E-state index contributed by atoms with van der Waals surface area (Å²) < 4.78 is 15.0. The largest absolute Gasteiger partial charge is 0.493 e. The van der Waals surface area contributed by atoms with Gasteiger partial charge in [0.15, 0.2) is 0 Å². The number of ether oxygens (including phenoxy) is 3. The lowest BCUT2D eigenvalue weighted by atomic mass is 10.1. The third kappa shape index (κ3) is 4.35. The molecule has 0 N–H and O–H groups in total. The molecule has 0 fully saturated rings. The summed E-state index contributed by atoms with van der Waals surface area (Å²) in [5.41, 5.74) is 0.666. The Balaban J connectivity index is 3.26. The topological polar surface area (TPSA) is 65.1 Å². The van der Waals surface area contributed by atoms with Crippen LogP contribution >= 0.6 is 15.9 Å². The van der Waals surface area contributed by atoms with Gasteiger partial charge < -0.3 is 14.2 Å². The first-order valence-electron chi connectivity index (χ1n) is 6.35. The van der Waals surface area contributed by atoms with Crippen LogP contribution in [0, 0.1) is 0 Å². The number of amides is 1. The Hall–Kier alpha value is -1.76. The lowest BCUT2D eigenvalue weighted by Crippen LogP contribution is -2.32. The van der Waals surface area contributed by atoms with Crippen molar-refractivity contribution in [3.8, 4) is 5.75 Å². The number of hydrogen-bond donors (Lipinski definition) is 0. The molecule has 1 rings (SSSR count). The van der Waals surface area contributed by atoms with Crippen molar-refractivity contribution in [2.24, 2.45) is 0 Å². The van der Waals surface area contributed by atoms with Gasteiger partial charge in [0.05, 0.1) is 32.1 Å². The summed E-state index contributed by atoms with van der Waals surface area (Å²) in [6, 6.07) is 4.84. The van der Waals surface area contributed by atoms with Crippen molar-refractivity contribution in [2.45, 2.75) is 6.92 Å². The van der Waals surface area contributed by atoms with Crippen molar-refractivity contribution < 1.29 is 23.8 Å². The monoisotopic (exact) mass is 359 g/mol. The quantitative estimate of drug-likeness (QED) is 0.577. The predicted octanol–water partition coefficient (Wildman–Crippen LogP) is 2.84. The van der Waals surface area contributed by atoms with Crippen LogP contribution in [0.3, 0.4) is 0 Å². The molecular formula is C14H18BrNO5. The highest BCUT2D eigenvalue weighted by Crippen LogP contribution is 2.27. The van der Waals surface area contributed by atoms with E-state index in [4.69, 9.17) is 14.2 Å². The summed E-state index contributed by atoms with van der Waals surface area (Å²) in [5.74, 6) is 0.0267. The van der Waals surface area contributed by atoms with E-state index < -0.39 is 12.1 Å². The van der Waals surface area contributed by atoms with Crippen molar-refractivity contribution in [1.29, 1.82) is 0 Å². The highest BCUT2D eigenvalue weighted by atomic mass is 79.9. The summed E-state index contributed by atoms with van der Waals surface area (Å²) in [6.07, 6.45) is -0.555. The average molecular weight is 360 g/mol. The zero-order valence-electron chi connectivity index (χ0n) is 12.2. The van der Waals surface area contributed by atoms with Crippen LogP contribution in [0.4, 0.5) is 10.5 Å². The number of carbonyl (C=O) groups excluding carboxylic acids is 2. The minimum atomic E-state index is -0.555. The zero-order chi connectivity index (χ0) is 15.8. The first-order valence-corrected chi connectivity index (χ1v) is 7.47. The van der Waals surface area contributed by atoms with Gasteiger partial charge in [0.1, 0.15) is 5.75 Å². The van der Waals surface area contributed by atoms with Crippen molar-refractivity contribution in [3.05, 3.63) is 23.8 Å². The van der Waals surface area contributed by atoms with E-state index in [1.54, 1.807) is 25.1 Å². The smallest absolute Gasteiger partial charge is 0.414 e. The Morgan fingerprint density at radius 1 is 1.24 bits per heavy atom. The van der Waals surface area contributed by atoms with E-state index in [2.05, 4.69) is 15.9 Å². The van der Waals surface area contributed by atoms with Gasteiger partial charge in [0.25, 0.3) is 0 Å². The van der Waals surface area contributed by atoms with Gasteiger partial charge in [0, 0.05) is 17.9 Å². The number of rotatable bonds is 6. The average Bonchev–Trinajstić information content (AvgIpc) is 2.52. The molecule has 0 saturated heterocycles. The lowest BCUT2D eigenvalue weighted by molar-refractivity contribution is 0.0601. The molecule has 1 aromatic carbocycles. The number of methoxy groups -OCH3 is 2. The second kappa shape index (κ2) is 8.51. The van der Waals surface area contributed by atoms with Crippen LogP contribution in [0.15, 0.2) is 18.2 Å². The zero-order valence-corrected chi connectivity index (χ0v) is 13.8. The van der Waals surface area contributed by atoms with Crippen LogP contribution in [-0.4, -0.2) is 44.8 Å². The molecule has 0 atom stereocenters. The Morgan fingerprint density at radius 2 is 1.95 bits per heavy atom. The molecule has 0 heterocycles. The van der Waals surface area contributed by atoms with Gasteiger partial charge in [-0.05, 0) is 19.1 Å². The molecule has 0 aliphatic heterocycles. The van der Waals surface area contributed by atoms with Gasteiger partial charge >= 0.3 is 12.1 Å². The number of hydrogen-bond acceptors (Lipinski definition) is 5. The molecule has 1 amide bonds. The van der Waals surface area contributed by atoms with E-state index in [9.17, 15) is 9.59 Å². The van der Waals surface area contributed by atoms with Crippen LogP contribution in [-0.2, 0) is 9.47 Å². The van der Waals surface area contributed by atoms with E-state index in [0.717, 1.165) is 0 Å². The summed E-state index contributed by atoms with van der Waals surface area (Å²) in [7, 11) is 2.57. The van der Waals surface area contributed by atoms with Crippen LogP contribution in [0.25, 0.3) is 0 Å². The molecule has 0 aromatic heterocycles. The van der Waals surface area contributed by atoms with E-state index in [1.807, 2.05) is 0 Å². The van der Waals surface area contributed by atoms with Gasteiger partial charge in [-0.1, -0.05) is 15.9 Å². The number of nitrogens with zero attached hydrogens (tertiary/aromatic N) is 1. The van der Waals surface area contributed by atoms with Crippen LogP contribution < -0.4 is 9.64 Å². The molecule has 0 bridgehead atoms. The Bertz CT molecular complexity index is 506. The van der Waals surface area contributed by atoms with Crippen molar-refractivity contribution in [3.63, 3.8) is 0 Å². The maximum Gasteiger partial charge on any atom is 0.414 e. The molecule has 0 unspecified atom stereocenters. The minimum absolute atomic E-state index is 0.274. The molecule has 0 aliphatic carbocycles. The molecule has 7 heteroatoms. The molecule has 0 aliphatic rings. The maximum atomic E-state index is 11.8. The second-order valence-corrected chi connectivity index (χ2v) is 4.72. The summed E-state index contributed by atoms with van der Waals surface area (Å²) in [4.78, 5) is 25.0. The van der Waals surface area contributed by atoms with Crippen LogP contribution in [0.1, 0.15) is 17.3 Å². The van der Waals surface area contributed by atoms with Crippen molar-refractivity contribution >= 4 is 33.7 Å². The molecule has 116 valence electrons. The third-order valence-corrected chi connectivity index (χ3v) is 3.05. The number of esters is 1. The number of halogens is 1. The molecule has 0 spiro atoms. The third-order valence-electron chi connectivity index (χ3n) is 2.72. The minimum Gasteiger partial charge on any atom is -0.493 e. The number of carbonyl (C=O) groups is 2. The standard InChI is InChI=1S/C14H18BrNO5/c1-4-16(14(18)20-3)12-9-10(21-8-7-15)5-6-11(12)13(17)19-2/h5-6,9H,4,7-8H2,1-3H3. The molecule has 6 nitrogen and oxygen atoms in total. The Labute approximate surface area is 132 Å². The Morgan fingerprint density at radius 3 is 2.48 bits per heavy atom. The molecule has 21 heavy (non-hydrogen) atoms. The van der Waals surface area contributed by atoms with E-state index in [1.165, 1.54) is 19.1 Å². The first kappa shape index (κ1) is 17.3. The van der Waals surface area contributed by atoms with E-state index in [-0.39, 0.29) is 5.56 Å². The summed E-state index contributed by atoms with van der Waals surface area (Å²) >= 11 is 3.27. The van der Waals surface area contributed by atoms with Gasteiger partial charge in [-0.2, -0.15) is 0 Å². The molecule has 0 saturated carbocycles. The van der Waals surface area contributed by atoms with Crippen LogP contribution in [0.2, 0.25) is 0 Å². The van der Waals surface area contributed by atoms with Gasteiger partial charge in [-0.25, -0.2) is 9.59 Å². The molecule has 0 radical (unpaired) electrons. The number of anilines is 1. The first-order chi connectivity index (χ1) is 10.1. The van der Waals surface area contributed by atoms with Gasteiger partial charge in [-0.15, -0.1) is 0 Å². The fourth-order valence-electron chi connectivity index (χ4n) is 1.77. The van der Waals surface area contributed by atoms with E-state index in [0.29, 0.717) is 29.9 Å². The Kier molecular flexibility index (Phi) is 7.01. The summed E-state index contributed by atoms with van der Waals surface area (Å²) in [5, 5.41) is 0.676. The predicted molar refractivity (Wildman–Crippen MR) is 82.5 cm³/mol. The fourth-order valence-corrected chi connectivity index (χ4v) is 1.93. The lowest BCUT2D eigenvalue weighted by Gasteiger charge is -2.22. The van der Waals surface area contributed by atoms with E-state index >= 15 is 0 Å². The fraction of sp³-hybridized carbons (Fsp3) is 0.429. The highest BCUT2D eigenvalue weighted by molar-refractivity contribution is 9.09.